The van der Waals surface area contributed by atoms with Crippen LogP contribution < -0.4 is 16.4 Å². The van der Waals surface area contributed by atoms with Crippen LogP contribution in [0.5, 0.6) is 0 Å². The Kier molecular flexibility index (Phi) is 14.7. The summed E-state index contributed by atoms with van der Waals surface area (Å²) in [6, 6.07) is 0. The van der Waals surface area contributed by atoms with Crippen LogP contribution in [0.1, 0.15) is 39.0 Å². The van der Waals surface area contributed by atoms with E-state index in [4.69, 9.17) is 10.5 Å². The van der Waals surface area contributed by atoms with Crippen molar-refractivity contribution in [3.63, 3.8) is 0 Å². The monoisotopic (exact) mass is 347 g/mol. The maximum atomic E-state index is 11.5. The minimum absolute atomic E-state index is 0.0343. The summed E-state index contributed by atoms with van der Waals surface area (Å²) < 4.78 is 5.32. The molecule has 0 aromatic carbocycles. The van der Waals surface area contributed by atoms with Crippen molar-refractivity contribution >= 4 is 29.5 Å². The fraction of sp³-hybridized carbons (Fsp3) is 0.800. The Morgan fingerprint density at radius 3 is 2.43 bits per heavy atom. The molecule has 0 fully saturated rings. The van der Waals surface area contributed by atoms with Gasteiger partial charge in [0, 0.05) is 39.1 Å². The number of hydrogen-bond acceptors (Lipinski definition) is 5. The van der Waals surface area contributed by atoms with Crippen LogP contribution in [0, 0.1) is 0 Å². The maximum absolute atomic E-state index is 11.5. The van der Waals surface area contributed by atoms with Gasteiger partial charge in [0.1, 0.15) is 0 Å². The van der Waals surface area contributed by atoms with Crippen molar-refractivity contribution in [2.24, 2.45) is 5.73 Å². The predicted molar refractivity (Wildman–Crippen MR) is 92.1 cm³/mol. The van der Waals surface area contributed by atoms with Crippen molar-refractivity contribution in [1.29, 1.82) is 0 Å². The van der Waals surface area contributed by atoms with Gasteiger partial charge in [0.25, 0.3) is 0 Å². The molecule has 0 unspecified atom stereocenters. The summed E-state index contributed by atoms with van der Waals surface area (Å²) in [5.41, 5.74) is 4.97. The first kappa shape index (κ1) is 21.7. The third kappa shape index (κ3) is 16.9. The molecule has 0 rings (SSSR count). The minimum atomic E-state index is -0.430. The fourth-order valence-electron chi connectivity index (χ4n) is 1.61. The highest BCUT2D eigenvalue weighted by atomic mass is 32.2. The van der Waals surface area contributed by atoms with Gasteiger partial charge in [-0.25, -0.2) is 0 Å². The molecule has 0 aliphatic rings. The van der Waals surface area contributed by atoms with Crippen molar-refractivity contribution in [2.45, 2.75) is 39.0 Å². The van der Waals surface area contributed by atoms with Crippen LogP contribution in [0.25, 0.3) is 0 Å². The number of rotatable bonds is 15. The summed E-state index contributed by atoms with van der Waals surface area (Å²) in [5.74, 6) is 0.562. The van der Waals surface area contributed by atoms with Gasteiger partial charge < -0.3 is 21.1 Å². The predicted octanol–water partition coefficient (Wildman–Crippen LogP) is 0.424. The smallest absolute Gasteiger partial charge is 0.230 e. The first-order chi connectivity index (χ1) is 11.1. The Labute approximate surface area is 142 Å². The Morgan fingerprint density at radius 2 is 1.74 bits per heavy atom. The highest BCUT2D eigenvalue weighted by Crippen LogP contribution is 2.04. The molecule has 0 aliphatic carbocycles. The summed E-state index contributed by atoms with van der Waals surface area (Å²) in [5, 5.41) is 5.46. The minimum Gasteiger partial charge on any atom is -0.381 e. The highest BCUT2D eigenvalue weighted by molar-refractivity contribution is 7.99. The second-order valence-electron chi connectivity index (χ2n) is 5.04. The maximum Gasteiger partial charge on any atom is 0.230 e. The lowest BCUT2D eigenvalue weighted by Gasteiger charge is -2.06. The molecule has 7 nitrogen and oxygen atoms in total. The number of carbonyl (C=O) groups is 3. The van der Waals surface area contributed by atoms with Crippen LogP contribution in [0.2, 0.25) is 0 Å². The van der Waals surface area contributed by atoms with Crippen molar-refractivity contribution in [2.75, 3.05) is 37.8 Å². The van der Waals surface area contributed by atoms with Gasteiger partial charge in [-0.15, -0.1) is 0 Å². The van der Waals surface area contributed by atoms with E-state index in [2.05, 4.69) is 17.6 Å². The van der Waals surface area contributed by atoms with Gasteiger partial charge in [0.05, 0.1) is 5.75 Å². The molecule has 4 N–H and O–H groups in total. The summed E-state index contributed by atoms with van der Waals surface area (Å²) in [6.07, 6.45) is 3.18. The third-order valence-corrected chi connectivity index (χ3v) is 3.80. The van der Waals surface area contributed by atoms with Crippen molar-refractivity contribution in [1.82, 2.24) is 10.6 Å². The molecule has 0 saturated heterocycles. The summed E-state index contributed by atoms with van der Waals surface area (Å²) in [7, 11) is 0. The molecular weight excluding hydrogens is 318 g/mol. The normalized spacial score (nSPS) is 10.3. The van der Waals surface area contributed by atoms with E-state index in [9.17, 15) is 14.4 Å². The van der Waals surface area contributed by atoms with Gasteiger partial charge in [0.15, 0.2) is 0 Å². The average Bonchev–Trinajstić information content (AvgIpc) is 2.50. The van der Waals surface area contributed by atoms with Crippen LogP contribution in [0.15, 0.2) is 0 Å². The quantitative estimate of drug-likeness (QED) is 0.372. The number of hydrogen-bond donors (Lipinski definition) is 3. The number of carbonyl (C=O) groups excluding carboxylic acids is 3. The van der Waals surface area contributed by atoms with Crippen molar-refractivity contribution < 1.29 is 19.1 Å². The van der Waals surface area contributed by atoms with Crippen LogP contribution in [-0.2, 0) is 19.1 Å². The first-order valence-electron chi connectivity index (χ1n) is 8.03. The van der Waals surface area contributed by atoms with Crippen molar-refractivity contribution in [3.05, 3.63) is 0 Å². The van der Waals surface area contributed by atoms with E-state index in [1.165, 1.54) is 11.8 Å². The molecule has 0 saturated carbocycles. The van der Waals surface area contributed by atoms with E-state index >= 15 is 0 Å². The number of nitrogens with one attached hydrogen (secondary N) is 2. The molecule has 0 bridgehead atoms. The van der Waals surface area contributed by atoms with Crippen LogP contribution >= 0.6 is 11.8 Å². The van der Waals surface area contributed by atoms with E-state index in [0.717, 1.165) is 31.6 Å². The lowest BCUT2D eigenvalue weighted by Crippen LogP contribution is -2.29. The van der Waals surface area contributed by atoms with E-state index in [1.807, 2.05) is 0 Å². The summed E-state index contributed by atoms with van der Waals surface area (Å²) in [6.45, 7) is 4.41. The fourth-order valence-corrected chi connectivity index (χ4v) is 2.39. The first-order valence-corrected chi connectivity index (χ1v) is 9.19. The molecule has 8 heteroatoms. The number of amides is 3. The van der Waals surface area contributed by atoms with Gasteiger partial charge in [-0.05, 0) is 25.0 Å². The molecule has 0 aromatic rings. The number of nitrogens with two attached hydrogens (primary N) is 1. The van der Waals surface area contributed by atoms with E-state index in [0.29, 0.717) is 25.3 Å². The Balaban J connectivity index is 3.34. The molecule has 0 heterocycles. The zero-order valence-electron chi connectivity index (χ0n) is 13.9. The van der Waals surface area contributed by atoms with Gasteiger partial charge in [-0.3, -0.25) is 14.4 Å². The van der Waals surface area contributed by atoms with E-state index in [-0.39, 0.29) is 24.8 Å². The Bertz CT molecular complexity index is 354. The lowest BCUT2D eigenvalue weighted by molar-refractivity contribution is -0.121. The second-order valence-corrected chi connectivity index (χ2v) is 6.14. The van der Waals surface area contributed by atoms with E-state index in [1.54, 1.807) is 0 Å². The van der Waals surface area contributed by atoms with Gasteiger partial charge in [-0.2, -0.15) is 11.8 Å². The van der Waals surface area contributed by atoms with Gasteiger partial charge in [0.2, 0.25) is 17.7 Å². The largest absolute Gasteiger partial charge is 0.381 e. The molecule has 0 atom stereocenters. The lowest BCUT2D eigenvalue weighted by atomic mass is 10.3. The molecule has 3 amide bonds. The molecule has 134 valence electrons. The standard InChI is InChI=1S/C15H29N3O4S/c1-2-9-22-10-4-7-17-14(20)5-3-11-23-12-15(21)18-8-6-13(16)19/h2-12H2,1H3,(H2,16,19)(H,17,20)(H,18,21). The molecule has 0 aliphatic heterocycles. The second kappa shape index (κ2) is 15.6. The number of ether oxygens (including phenoxy) is 1. The van der Waals surface area contributed by atoms with Crippen LogP contribution in [0.3, 0.4) is 0 Å². The highest BCUT2D eigenvalue weighted by Gasteiger charge is 2.04. The van der Waals surface area contributed by atoms with Crippen LogP contribution in [-0.4, -0.2) is 55.5 Å². The van der Waals surface area contributed by atoms with Crippen molar-refractivity contribution in [3.8, 4) is 0 Å². The van der Waals surface area contributed by atoms with E-state index < -0.39 is 5.91 Å². The topological polar surface area (TPSA) is 111 Å². The zero-order chi connectivity index (χ0) is 17.3. The Hall–Kier alpha value is -1.28. The molecule has 0 radical (unpaired) electrons. The van der Waals surface area contributed by atoms with Crippen LogP contribution in [0.4, 0.5) is 0 Å². The number of primary amides is 1. The van der Waals surface area contributed by atoms with Gasteiger partial charge in [-0.1, -0.05) is 6.92 Å². The zero-order valence-corrected chi connectivity index (χ0v) is 14.7. The Morgan fingerprint density at radius 1 is 1.00 bits per heavy atom. The third-order valence-electron chi connectivity index (χ3n) is 2.76. The summed E-state index contributed by atoms with van der Waals surface area (Å²) >= 11 is 1.47. The average molecular weight is 347 g/mol. The summed E-state index contributed by atoms with van der Waals surface area (Å²) in [4.78, 5) is 33.5. The number of thioether (sulfide) groups is 1. The van der Waals surface area contributed by atoms with Gasteiger partial charge >= 0.3 is 0 Å². The molecule has 0 spiro atoms. The molecule has 23 heavy (non-hydrogen) atoms. The SMILES string of the molecule is CCCOCCCNC(=O)CCCSCC(=O)NCCC(N)=O. The molecular formula is C15H29N3O4S. The molecule has 0 aromatic heterocycles.